The summed E-state index contributed by atoms with van der Waals surface area (Å²) in [6.07, 6.45) is 1.27. The first-order valence-electron chi connectivity index (χ1n) is 10.2. The molecule has 5 nitrogen and oxygen atoms in total. The Hall–Kier alpha value is -2.04. The fourth-order valence-electron chi connectivity index (χ4n) is 3.32. The molecule has 2 aromatic rings. The first-order chi connectivity index (χ1) is 15.1. The molecule has 8 heteroatoms. The molecule has 2 heterocycles. The molecule has 170 valence electrons. The molecule has 1 aliphatic rings. The lowest BCUT2D eigenvalue weighted by Gasteiger charge is -2.34. The lowest BCUT2D eigenvalue weighted by Crippen LogP contribution is -2.44. The van der Waals surface area contributed by atoms with Crippen molar-refractivity contribution in [2.24, 2.45) is 5.41 Å². The quantitative estimate of drug-likeness (QED) is 0.383. The monoisotopic (exact) mass is 493 g/mol. The molecular formula is C24H25Cl2NO4S. The molecule has 0 radical (unpaired) electrons. The largest absolute Gasteiger partial charge is 0.465 e. The molecule has 1 fully saturated rings. The number of ether oxygens (including phenoxy) is 2. The number of hydrogen-bond donors (Lipinski definition) is 0. The number of nitrogens with zero attached hydrogens (tertiary/aromatic N) is 1. The van der Waals surface area contributed by atoms with Gasteiger partial charge >= 0.3 is 5.97 Å². The maximum absolute atomic E-state index is 13.7. The Morgan fingerprint density at radius 3 is 2.47 bits per heavy atom. The van der Waals surface area contributed by atoms with Crippen LogP contribution in [0.15, 0.2) is 24.3 Å². The third-order valence-corrected chi connectivity index (χ3v) is 6.41. The van der Waals surface area contributed by atoms with Crippen LogP contribution in [0.3, 0.4) is 0 Å². The second-order valence-electron chi connectivity index (χ2n) is 8.46. The van der Waals surface area contributed by atoms with Crippen LogP contribution < -0.4 is 4.90 Å². The van der Waals surface area contributed by atoms with E-state index in [4.69, 9.17) is 32.7 Å². The minimum Gasteiger partial charge on any atom is -0.465 e. The maximum atomic E-state index is 13.7. The average molecular weight is 494 g/mol. The van der Waals surface area contributed by atoms with E-state index in [-0.39, 0.29) is 22.4 Å². The highest BCUT2D eigenvalue weighted by atomic mass is 35.5. The highest BCUT2D eigenvalue weighted by Gasteiger charge is 2.33. The minimum atomic E-state index is -0.513. The van der Waals surface area contributed by atoms with Gasteiger partial charge in [-0.1, -0.05) is 35.0 Å². The van der Waals surface area contributed by atoms with E-state index in [1.807, 2.05) is 20.8 Å². The van der Waals surface area contributed by atoms with Gasteiger partial charge in [0.25, 0.3) is 5.91 Å². The zero-order valence-corrected chi connectivity index (χ0v) is 20.8. The number of carbonyl (C=O) groups excluding carboxylic acids is 2. The summed E-state index contributed by atoms with van der Waals surface area (Å²) in [4.78, 5) is 29.0. The summed E-state index contributed by atoms with van der Waals surface area (Å²) in [6.45, 7) is 7.08. The maximum Gasteiger partial charge on any atom is 0.350 e. The zero-order chi connectivity index (χ0) is 23.5. The summed E-state index contributed by atoms with van der Waals surface area (Å²) < 4.78 is 10.5. The molecule has 0 spiro atoms. The molecule has 0 atom stereocenters. The smallest absolute Gasteiger partial charge is 0.350 e. The SMILES string of the molecule is COC(=O)c1sc(C#CC(C)(C)C)cc1N(C(=O)c1ccc(Cl)cc1Cl)C1CCOCC1. The van der Waals surface area contributed by atoms with Crippen molar-refractivity contribution in [1.29, 1.82) is 0 Å². The van der Waals surface area contributed by atoms with Gasteiger partial charge in [0, 0.05) is 29.7 Å². The lowest BCUT2D eigenvalue weighted by molar-refractivity contribution is 0.0606. The second kappa shape index (κ2) is 10.3. The highest BCUT2D eigenvalue weighted by Crippen LogP contribution is 2.36. The zero-order valence-electron chi connectivity index (χ0n) is 18.5. The predicted octanol–water partition coefficient (Wildman–Crippen LogP) is 6.06. The van der Waals surface area contributed by atoms with Crippen LogP contribution in [0, 0.1) is 17.3 Å². The first-order valence-corrected chi connectivity index (χ1v) is 11.8. The van der Waals surface area contributed by atoms with Gasteiger partial charge < -0.3 is 14.4 Å². The van der Waals surface area contributed by atoms with Gasteiger partial charge in [0.15, 0.2) is 0 Å². The van der Waals surface area contributed by atoms with E-state index in [0.29, 0.717) is 52.1 Å². The summed E-state index contributed by atoms with van der Waals surface area (Å²) in [5.74, 6) is 5.49. The number of rotatable bonds is 4. The lowest BCUT2D eigenvalue weighted by atomic mass is 9.98. The molecule has 1 aromatic heterocycles. The minimum absolute atomic E-state index is 0.163. The summed E-state index contributed by atoms with van der Waals surface area (Å²) >= 11 is 13.6. The Kier molecular flexibility index (Phi) is 7.89. The van der Waals surface area contributed by atoms with Crippen molar-refractivity contribution in [1.82, 2.24) is 0 Å². The first kappa shape index (κ1) is 24.6. The Balaban J connectivity index is 2.14. The van der Waals surface area contributed by atoms with Crippen LogP contribution >= 0.6 is 34.5 Å². The summed E-state index contributed by atoms with van der Waals surface area (Å²) in [7, 11) is 1.32. The van der Waals surface area contributed by atoms with Crippen molar-refractivity contribution in [3.8, 4) is 11.8 Å². The number of benzene rings is 1. The molecule has 0 unspecified atom stereocenters. The average Bonchev–Trinajstić information content (AvgIpc) is 3.16. The number of halogens is 2. The standard InChI is InChI=1S/C24H25Cl2NO4S/c1-24(2,3)10-7-17-14-20(21(32-17)23(29)30-4)27(16-8-11-31-12-9-16)22(28)18-6-5-15(25)13-19(18)26/h5-6,13-14,16H,8-9,11-12H2,1-4H3. The van der Waals surface area contributed by atoms with Crippen LogP contribution in [0.25, 0.3) is 0 Å². The Labute approximate surface area is 202 Å². The van der Waals surface area contributed by atoms with Crippen LogP contribution in [0.4, 0.5) is 5.69 Å². The van der Waals surface area contributed by atoms with Crippen molar-refractivity contribution in [3.05, 3.63) is 49.6 Å². The van der Waals surface area contributed by atoms with Crippen molar-refractivity contribution in [2.75, 3.05) is 25.2 Å². The molecule has 0 saturated carbocycles. The van der Waals surface area contributed by atoms with Gasteiger partial charge in [0.05, 0.1) is 28.3 Å². The summed E-state index contributed by atoms with van der Waals surface area (Å²) in [6, 6.07) is 6.38. The Bertz CT molecular complexity index is 1070. The van der Waals surface area contributed by atoms with Crippen LogP contribution in [0.5, 0.6) is 0 Å². The van der Waals surface area contributed by atoms with Crippen molar-refractivity contribution in [3.63, 3.8) is 0 Å². The van der Waals surface area contributed by atoms with Gasteiger partial charge in [0.2, 0.25) is 0 Å². The molecule has 1 aliphatic heterocycles. The molecule has 1 aromatic carbocycles. The molecule has 32 heavy (non-hydrogen) atoms. The van der Waals surface area contributed by atoms with E-state index in [1.165, 1.54) is 24.5 Å². The van der Waals surface area contributed by atoms with E-state index in [2.05, 4.69) is 11.8 Å². The predicted molar refractivity (Wildman–Crippen MR) is 129 cm³/mol. The fraction of sp³-hybridized carbons (Fsp3) is 0.417. The number of esters is 1. The van der Waals surface area contributed by atoms with Gasteiger partial charge in [-0.3, -0.25) is 4.79 Å². The number of carbonyl (C=O) groups is 2. The van der Waals surface area contributed by atoms with Crippen LogP contribution in [0.1, 0.15) is 58.5 Å². The second-order valence-corrected chi connectivity index (χ2v) is 10.4. The number of methoxy groups -OCH3 is 1. The molecule has 3 rings (SSSR count). The number of anilines is 1. The molecule has 1 amide bonds. The third-order valence-electron chi connectivity index (χ3n) is 4.84. The number of hydrogen-bond acceptors (Lipinski definition) is 5. The van der Waals surface area contributed by atoms with E-state index in [9.17, 15) is 9.59 Å². The van der Waals surface area contributed by atoms with E-state index in [1.54, 1.807) is 23.1 Å². The topological polar surface area (TPSA) is 55.8 Å². The van der Waals surface area contributed by atoms with Crippen molar-refractivity contribution >= 4 is 52.1 Å². The molecule has 0 N–H and O–H groups in total. The summed E-state index contributed by atoms with van der Waals surface area (Å²) in [5.41, 5.74) is 0.581. The van der Waals surface area contributed by atoms with Gasteiger partial charge in [-0.05, 0) is 57.9 Å². The fourth-order valence-corrected chi connectivity index (χ4v) is 4.73. The summed E-state index contributed by atoms with van der Waals surface area (Å²) in [5, 5.41) is 0.692. The van der Waals surface area contributed by atoms with Crippen LogP contribution in [-0.4, -0.2) is 38.2 Å². The molecular weight excluding hydrogens is 469 g/mol. The highest BCUT2D eigenvalue weighted by molar-refractivity contribution is 7.15. The molecule has 0 aliphatic carbocycles. The van der Waals surface area contributed by atoms with Crippen LogP contribution in [0.2, 0.25) is 10.0 Å². The van der Waals surface area contributed by atoms with E-state index in [0.717, 1.165) is 0 Å². The normalized spacial score (nSPS) is 14.4. The molecule has 0 bridgehead atoms. The van der Waals surface area contributed by atoms with Gasteiger partial charge in [-0.25, -0.2) is 4.79 Å². The number of thiophene rings is 1. The Morgan fingerprint density at radius 2 is 1.88 bits per heavy atom. The van der Waals surface area contributed by atoms with E-state index >= 15 is 0 Å². The Morgan fingerprint density at radius 1 is 1.19 bits per heavy atom. The van der Waals surface area contributed by atoms with Gasteiger partial charge in [-0.2, -0.15) is 0 Å². The molecule has 1 saturated heterocycles. The number of amides is 1. The van der Waals surface area contributed by atoms with E-state index < -0.39 is 5.97 Å². The van der Waals surface area contributed by atoms with Crippen molar-refractivity contribution < 1.29 is 19.1 Å². The van der Waals surface area contributed by atoms with Crippen LogP contribution in [-0.2, 0) is 9.47 Å². The van der Waals surface area contributed by atoms with Gasteiger partial charge in [0.1, 0.15) is 4.88 Å². The van der Waals surface area contributed by atoms with Crippen molar-refractivity contribution in [2.45, 2.75) is 39.7 Å². The third kappa shape index (κ3) is 5.85. The van der Waals surface area contributed by atoms with Gasteiger partial charge in [-0.15, -0.1) is 11.3 Å².